The van der Waals surface area contributed by atoms with Gasteiger partial charge in [-0.25, -0.2) is 8.42 Å². The van der Waals surface area contributed by atoms with Crippen LogP contribution in [0.15, 0.2) is 57.9 Å². The minimum absolute atomic E-state index is 0.140. The Hall–Kier alpha value is -1.90. The van der Waals surface area contributed by atoms with E-state index in [1.165, 1.54) is 12.1 Å². The predicted molar refractivity (Wildman–Crippen MR) is 120 cm³/mol. The quantitative estimate of drug-likeness (QED) is 0.623. The minimum atomic E-state index is -3.49. The first kappa shape index (κ1) is 22.8. The molecule has 1 fully saturated rings. The predicted octanol–water partition coefficient (Wildman–Crippen LogP) is 4.27. The van der Waals surface area contributed by atoms with Crippen LogP contribution in [0.5, 0.6) is 5.75 Å². The second kappa shape index (κ2) is 10.4. The van der Waals surface area contributed by atoms with Crippen LogP contribution in [0.1, 0.15) is 44.2 Å². The number of nitrogens with one attached hydrogen (secondary N) is 1. The van der Waals surface area contributed by atoms with Gasteiger partial charge in [0.05, 0.1) is 10.9 Å². The van der Waals surface area contributed by atoms with Crippen molar-refractivity contribution in [1.82, 2.24) is 9.62 Å². The SMILES string of the molecule is CC(NC(=O)COc1ccc(S(=O)(=O)N2CCCCCC2)cc1)c1ccc(Br)cc1. The number of halogens is 1. The maximum atomic E-state index is 12.8. The molecule has 1 aliphatic rings. The van der Waals surface area contributed by atoms with Crippen LogP contribution in [-0.2, 0) is 14.8 Å². The summed E-state index contributed by atoms with van der Waals surface area (Å²) < 4.78 is 33.7. The smallest absolute Gasteiger partial charge is 0.258 e. The average molecular weight is 495 g/mol. The van der Waals surface area contributed by atoms with Crippen molar-refractivity contribution < 1.29 is 17.9 Å². The summed E-state index contributed by atoms with van der Waals surface area (Å²) in [6, 6.07) is 13.9. The highest BCUT2D eigenvalue weighted by atomic mass is 79.9. The summed E-state index contributed by atoms with van der Waals surface area (Å²) in [5, 5.41) is 2.89. The van der Waals surface area contributed by atoms with Crippen LogP contribution in [0, 0.1) is 0 Å². The van der Waals surface area contributed by atoms with Crippen molar-refractivity contribution in [2.75, 3.05) is 19.7 Å². The summed E-state index contributed by atoms with van der Waals surface area (Å²) in [5.74, 6) is 0.211. The molecular weight excluding hydrogens is 468 g/mol. The fourth-order valence-corrected chi connectivity index (χ4v) is 5.19. The molecule has 162 valence electrons. The summed E-state index contributed by atoms with van der Waals surface area (Å²) in [6.07, 6.45) is 3.94. The van der Waals surface area contributed by atoms with Gasteiger partial charge in [0.1, 0.15) is 5.75 Å². The van der Waals surface area contributed by atoms with Crippen molar-refractivity contribution in [3.63, 3.8) is 0 Å². The zero-order valence-corrected chi connectivity index (χ0v) is 19.4. The van der Waals surface area contributed by atoms with Gasteiger partial charge < -0.3 is 10.1 Å². The molecule has 0 saturated carbocycles. The van der Waals surface area contributed by atoms with E-state index in [-0.39, 0.29) is 23.5 Å². The lowest BCUT2D eigenvalue weighted by atomic mass is 10.1. The van der Waals surface area contributed by atoms with E-state index in [2.05, 4.69) is 21.2 Å². The number of amides is 1. The molecule has 1 atom stereocenters. The Kier molecular flexibility index (Phi) is 7.91. The van der Waals surface area contributed by atoms with Crippen molar-refractivity contribution in [3.05, 3.63) is 58.6 Å². The van der Waals surface area contributed by atoms with Crippen LogP contribution in [0.2, 0.25) is 0 Å². The summed E-state index contributed by atoms with van der Waals surface area (Å²) in [4.78, 5) is 12.4. The molecule has 0 aromatic heterocycles. The van der Waals surface area contributed by atoms with Crippen molar-refractivity contribution in [2.24, 2.45) is 0 Å². The van der Waals surface area contributed by atoms with E-state index in [1.807, 2.05) is 31.2 Å². The van der Waals surface area contributed by atoms with Crippen LogP contribution < -0.4 is 10.1 Å². The first-order chi connectivity index (χ1) is 14.4. The van der Waals surface area contributed by atoms with Gasteiger partial charge >= 0.3 is 0 Å². The van der Waals surface area contributed by atoms with E-state index in [4.69, 9.17) is 4.74 Å². The van der Waals surface area contributed by atoms with Gasteiger partial charge in [-0.2, -0.15) is 4.31 Å². The van der Waals surface area contributed by atoms with Crippen molar-refractivity contribution in [2.45, 2.75) is 43.5 Å². The fourth-order valence-electron chi connectivity index (χ4n) is 3.41. The molecule has 0 radical (unpaired) electrons. The van der Waals surface area contributed by atoms with E-state index in [9.17, 15) is 13.2 Å². The first-order valence-electron chi connectivity index (χ1n) is 10.1. The first-order valence-corrected chi connectivity index (χ1v) is 12.4. The van der Waals surface area contributed by atoms with Crippen LogP contribution >= 0.6 is 15.9 Å². The second-order valence-corrected chi connectivity index (χ2v) is 10.3. The van der Waals surface area contributed by atoms with Crippen LogP contribution in [-0.4, -0.2) is 38.3 Å². The third-order valence-corrected chi connectivity index (χ3v) is 7.59. The molecule has 0 aliphatic carbocycles. The van der Waals surface area contributed by atoms with E-state index in [0.717, 1.165) is 35.7 Å². The topological polar surface area (TPSA) is 75.7 Å². The monoisotopic (exact) mass is 494 g/mol. The largest absolute Gasteiger partial charge is 0.484 e. The average Bonchev–Trinajstić information content (AvgIpc) is 3.03. The molecule has 1 amide bonds. The number of sulfonamides is 1. The Labute approximate surface area is 186 Å². The number of rotatable bonds is 7. The van der Waals surface area contributed by atoms with Gasteiger partial charge in [0.25, 0.3) is 5.91 Å². The van der Waals surface area contributed by atoms with Crippen molar-refractivity contribution in [3.8, 4) is 5.75 Å². The third kappa shape index (κ3) is 6.06. The van der Waals surface area contributed by atoms with Gasteiger partial charge in [-0.3, -0.25) is 4.79 Å². The fraction of sp³-hybridized carbons (Fsp3) is 0.409. The van der Waals surface area contributed by atoms with E-state index in [0.29, 0.717) is 18.8 Å². The third-order valence-electron chi connectivity index (χ3n) is 5.14. The van der Waals surface area contributed by atoms with E-state index >= 15 is 0 Å². The summed E-state index contributed by atoms with van der Waals surface area (Å²) in [7, 11) is -3.49. The van der Waals surface area contributed by atoms with Gasteiger partial charge in [-0.15, -0.1) is 0 Å². The molecule has 30 heavy (non-hydrogen) atoms. The maximum absolute atomic E-state index is 12.8. The molecule has 8 heteroatoms. The number of nitrogens with zero attached hydrogens (tertiary/aromatic N) is 1. The number of hydrogen-bond donors (Lipinski definition) is 1. The number of benzene rings is 2. The van der Waals surface area contributed by atoms with Gasteiger partial charge in [0.2, 0.25) is 10.0 Å². The van der Waals surface area contributed by atoms with Crippen LogP contribution in [0.3, 0.4) is 0 Å². The second-order valence-electron chi connectivity index (χ2n) is 7.42. The molecule has 1 N–H and O–H groups in total. The normalized spacial score (nSPS) is 16.5. The zero-order valence-electron chi connectivity index (χ0n) is 17.0. The highest BCUT2D eigenvalue weighted by Gasteiger charge is 2.25. The molecule has 6 nitrogen and oxygen atoms in total. The molecule has 2 aromatic carbocycles. The summed E-state index contributed by atoms with van der Waals surface area (Å²) in [6.45, 7) is 2.90. The van der Waals surface area contributed by atoms with Gasteiger partial charge in [-0.05, 0) is 61.7 Å². The van der Waals surface area contributed by atoms with Crippen LogP contribution in [0.25, 0.3) is 0 Å². The molecule has 2 aromatic rings. The van der Waals surface area contributed by atoms with Crippen molar-refractivity contribution in [1.29, 1.82) is 0 Å². The van der Waals surface area contributed by atoms with Gasteiger partial charge in [-0.1, -0.05) is 40.9 Å². The lowest BCUT2D eigenvalue weighted by molar-refractivity contribution is -0.123. The van der Waals surface area contributed by atoms with Gasteiger partial charge in [0, 0.05) is 17.6 Å². The molecule has 3 rings (SSSR count). The highest BCUT2D eigenvalue weighted by Crippen LogP contribution is 2.22. The highest BCUT2D eigenvalue weighted by molar-refractivity contribution is 9.10. The summed E-state index contributed by atoms with van der Waals surface area (Å²) in [5.41, 5.74) is 0.995. The van der Waals surface area contributed by atoms with Crippen LogP contribution in [0.4, 0.5) is 0 Å². The van der Waals surface area contributed by atoms with Gasteiger partial charge in [0.15, 0.2) is 6.61 Å². The Bertz CT molecular complexity index is 938. The lowest BCUT2D eigenvalue weighted by Crippen LogP contribution is -2.32. The Morgan fingerprint density at radius 3 is 2.23 bits per heavy atom. The maximum Gasteiger partial charge on any atom is 0.258 e. The molecule has 1 unspecified atom stereocenters. The molecule has 1 heterocycles. The Morgan fingerprint density at radius 1 is 1.03 bits per heavy atom. The number of carbonyl (C=O) groups is 1. The minimum Gasteiger partial charge on any atom is -0.484 e. The molecule has 1 saturated heterocycles. The van der Waals surface area contributed by atoms with E-state index in [1.54, 1.807) is 16.4 Å². The standard InChI is InChI=1S/C22H27BrN2O4S/c1-17(18-6-8-19(23)9-7-18)24-22(26)16-29-20-10-12-21(13-11-20)30(27,28)25-14-4-2-3-5-15-25/h6-13,17H,2-5,14-16H2,1H3,(H,24,26). The number of ether oxygens (including phenoxy) is 1. The lowest BCUT2D eigenvalue weighted by Gasteiger charge is -2.20. The molecule has 0 bridgehead atoms. The molecule has 1 aliphatic heterocycles. The zero-order chi connectivity index (χ0) is 21.6. The van der Waals surface area contributed by atoms with E-state index < -0.39 is 10.0 Å². The number of hydrogen-bond acceptors (Lipinski definition) is 4. The molecular formula is C22H27BrN2O4S. The Morgan fingerprint density at radius 2 is 1.63 bits per heavy atom. The molecule has 0 spiro atoms. The van der Waals surface area contributed by atoms with Crippen molar-refractivity contribution >= 4 is 31.9 Å². The summed E-state index contributed by atoms with van der Waals surface area (Å²) >= 11 is 3.39. The Balaban J connectivity index is 1.53. The number of carbonyl (C=O) groups excluding carboxylic acids is 1.